The van der Waals surface area contributed by atoms with Crippen LogP contribution in [0.5, 0.6) is 0 Å². The zero-order valence-corrected chi connectivity index (χ0v) is 12.6. The summed E-state index contributed by atoms with van der Waals surface area (Å²) in [4.78, 5) is 2.31. The predicted octanol–water partition coefficient (Wildman–Crippen LogP) is 3.67. The molecule has 0 radical (unpaired) electrons. The molecule has 108 valence electrons. The summed E-state index contributed by atoms with van der Waals surface area (Å²) in [5, 5.41) is 7.83. The van der Waals surface area contributed by atoms with Gasteiger partial charge in [-0.3, -0.25) is 5.41 Å². The van der Waals surface area contributed by atoms with Crippen molar-refractivity contribution in [3.05, 3.63) is 58.7 Å². The molecule has 3 N–H and O–H groups in total. The maximum absolute atomic E-state index is 7.83. The van der Waals surface area contributed by atoms with Crippen LogP contribution in [-0.2, 0) is 6.42 Å². The Hall–Kier alpha value is -2.29. The zero-order chi connectivity index (χ0) is 15.0. The van der Waals surface area contributed by atoms with E-state index in [0.29, 0.717) is 0 Å². The molecule has 2 aromatic carbocycles. The number of hydrogen-bond acceptors (Lipinski definition) is 2. The summed E-state index contributed by atoms with van der Waals surface area (Å²) in [7, 11) is 0. The maximum Gasteiger partial charge on any atom is 0.124 e. The van der Waals surface area contributed by atoms with E-state index in [0.717, 1.165) is 30.6 Å². The summed E-state index contributed by atoms with van der Waals surface area (Å²) < 4.78 is 0. The third kappa shape index (κ3) is 2.51. The van der Waals surface area contributed by atoms with Crippen LogP contribution >= 0.6 is 0 Å². The molecule has 3 rings (SSSR count). The molecule has 0 fully saturated rings. The van der Waals surface area contributed by atoms with E-state index in [-0.39, 0.29) is 5.84 Å². The minimum Gasteiger partial charge on any atom is -0.384 e. The molecule has 3 nitrogen and oxygen atoms in total. The number of anilines is 2. The number of rotatable bonds is 2. The quantitative estimate of drug-likeness (QED) is 0.651. The van der Waals surface area contributed by atoms with Crippen LogP contribution in [0.1, 0.15) is 28.7 Å². The monoisotopic (exact) mass is 279 g/mol. The Kier molecular flexibility index (Phi) is 3.42. The van der Waals surface area contributed by atoms with Crippen LogP contribution in [0.2, 0.25) is 0 Å². The predicted molar refractivity (Wildman–Crippen MR) is 88.7 cm³/mol. The van der Waals surface area contributed by atoms with Crippen molar-refractivity contribution in [2.75, 3.05) is 11.4 Å². The third-order valence-electron chi connectivity index (χ3n) is 4.09. The van der Waals surface area contributed by atoms with Gasteiger partial charge in [-0.15, -0.1) is 0 Å². The lowest BCUT2D eigenvalue weighted by molar-refractivity contribution is 0.765. The van der Waals surface area contributed by atoms with Crippen LogP contribution in [0.4, 0.5) is 11.4 Å². The summed E-state index contributed by atoms with van der Waals surface area (Å²) in [6.45, 7) is 5.18. The van der Waals surface area contributed by atoms with Crippen LogP contribution in [0.15, 0.2) is 36.4 Å². The number of nitrogens with two attached hydrogens (primary N) is 1. The van der Waals surface area contributed by atoms with Gasteiger partial charge in [-0.1, -0.05) is 23.8 Å². The van der Waals surface area contributed by atoms with E-state index in [4.69, 9.17) is 11.1 Å². The fraction of sp³-hybridized carbons (Fsp3) is 0.278. The largest absolute Gasteiger partial charge is 0.384 e. The minimum absolute atomic E-state index is 0.129. The number of hydrogen-bond donors (Lipinski definition) is 2. The number of benzene rings is 2. The van der Waals surface area contributed by atoms with Gasteiger partial charge in [-0.25, -0.2) is 0 Å². The molecule has 0 unspecified atom stereocenters. The lowest BCUT2D eigenvalue weighted by Gasteiger charge is -2.33. The standard InChI is InChI=1S/C18H21N3/c1-12-6-8-16-14(10-12)4-3-9-21(16)17-11-13(2)5-7-15(17)18(19)20/h5-8,10-11H,3-4,9H2,1-2H3,(H3,19,20). The second-order valence-electron chi connectivity index (χ2n) is 5.82. The summed E-state index contributed by atoms with van der Waals surface area (Å²) >= 11 is 0. The fourth-order valence-corrected chi connectivity index (χ4v) is 3.07. The van der Waals surface area contributed by atoms with E-state index < -0.39 is 0 Å². The van der Waals surface area contributed by atoms with Gasteiger partial charge in [0.2, 0.25) is 0 Å². The molecule has 0 spiro atoms. The Labute approximate surface area is 125 Å². The van der Waals surface area contributed by atoms with Gasteiger partial charge in [0.1, 0.15) is 5.84 Å². The number of amidine groups is 1. The Bertz CT molecular complexity index is 704. The van der Waals surface area contributed by atoms with Crippen LogP contribution < -0.4 is 10.6 Å². The van der Waals surface area contributed by atoms with Gasteiger partial charge in [0.25, 0.3) is 0 Å². The average molecular weight is 279 g/mol. The van der Waals surface area contributed by atoms with E-state index in [1.54, 1.807) is 0 Å². The zero-order valence-electron chi connectivity index (χ0n) is 12.6. The summed E-state index contributed by atoms with van der Waals surface area (Å²) in [6.07, 6.45) is 2.25. The number of nitrogen functional groups attached to an aromatic ring is 1. The number of aryl methyl sites for hydroxylation is 3. The van der Waals surface area contributed by atoms with Gasteiger partial charge in [0.15, 0.2) is 0 Å². The third-order valence-corrected chi connectivity index (χ3v) is 4.09. The van der Waals surface area contributed by atoms with Crippen molar-refractivity contribution in [1.82, 2.24) is 0 Å². The normalized spacial score (nSPS) is 13.9. The van der Waals surface area contributed by atoms with E-state index in [2.05, 4.69) is 43.0 Å². The SMILES string of the molecule is Cc1ccc2c(c1)CCCN2c1cc(C)ccc1C(=N)N. The second kappa shape index (κ2) is 5.24. The van der Waals surface area contributed by atoms with Crippen LogP contribution in [0, 0.1) is 19.3 Å². The smallest absolute Gasteiger partial charge is 0.124 e. The van der Waals surface area contributed by atoms with Gasteiger partial charge in [-0.2, -0.15) is 0 Å². The van der Waals surface area contributed by atoms with E-state index in [1.165, 1.54) is 22.4 Å². The van der Waals surface area contributed by atoms with Crippen LogP contribution in [0.3, 0.4) is 0 Å². The molecule has 0 aromatic heterocycles. The molecule has 3 heteroatoms. The minimum atomic E-state index is 0.129. The molecule has 1 aliphatic rings. The lowest BCUT2D eigenvalue weighted by atomic mass is 9.97. The van der Waals surface area contributed by atoms with Crippen molar-refractivity contribution in [1.29, 1.82) is 5.41 Å². The molecule has 1 aliphatic heterocycles. The topological polar surface area (TPSA) is 53.1 Å². The number of nitrogens with zero attached hydrogens (tertiary/aromatic N) is 1. The summed E-state index contributed by atoms with van der Waals surface area (Å²) in [6, 6.07) is 12.7. The first-order chi connectivity index (χ1) is 10.1. The van der Waals surface area contributed by atoms with Gasteiger partial charge < -0.3 is 10.6 Å². The highest BCUT2D eigenvalue weighted by Gasteiger charge is 2.21. The molecule has 0 saturated heterocycles. The van der Waals surface area contributed by atoms with E-state index in [1.807, 2.05) is 12.1 Å². The number of fused-ring (bicyclic) bond motifs is 1. The Morgan fingerprint density at radius 3 is 2.52 bits per heavy atom. The molecule has 0 saturated carbocycles. The van der Waals surface area contributed by atoms with Crippen molar-refractivity contribution in [3.63, 3.8) is 0 Å². The highest BCUT2D eigenvalue weighted by molar-refractivity contribution is 6.01. The Balaban J connectivity index is 2.15. The molecule has 0 aliphatic carbocycles. The number of nitrogens with one attached hydrogen (secondary N) is 1. The van der Waals surface area contributed by atoms with Crippen LogP contribution in [-0.4, -0.2) is 12.4 Å². The first-order valence-corrected chi connectivity index (χ1v) is 7.38. The molecule has 2 aromatic rings. The summed E-state index contributed by atoms with van der Waals surface area (Å²) in [5.41, 5.74) is 12.8. The highest BCUT2D eigenvalue weighted by atomic mass is 15.1. The van der Waals surface area contributed by atoms with E-state index >= 15 is 0 Å². The molecule has 1 heterocycles. The Morgan fingerprint density at radius 1 is 1.05 bits per heavy atom. The van der Waals surface area contributed by atoms with Crippen molar-refractivity contribution in [2.45, 2.75) is 26.7 Å². The molecule has 0 amide bonds. The molecule has 21 heavy (non-hydrogen) atoms. The lowest BCUT2D eigenvalue weighted by Crippen LogP contribution is -2.27. The molecule has 0 atom stereocenters. The van der Waals surface area contributed by atoms with E-state index in [9.17, 15) is 0 Å². The maximum atomic E-state index is 7.83. The van der Waals surface area contributed by atoms with Crippen molar-refractivity contribution in [3.8, 4) is 0 Å². The second-order valence-corrected chi connectivity index (χ2v) is 5.82. The van der Waals surface area contributed by atoms with Gasteiger partial charge in [0, 0.05) is 17.8 Å². The molecular weight excluding hydrogens is 258 g/mol. The van der Waals surface area contributed by atoms with Crippen molar-refractivity contribution >= 4 is 17.2 Å². The van der Waals surface area contributed by atoms with Crippen molar-refractivity contribution in [2.24, 2.45) is 5.73 Å². The first-order valence-electron chi connectivity index (χ1n) is 7.38. The van der Waals surface area contributed by atoms with Gasteiger partial charge in [0.05, 0.1) is 5.69 Å². The summed E-state index contributed by atoms with van der Waals surface area (Å²) in [5.74, 6) is 0.129. The average Bonchev–Trinajstić information content (AvgIpc) is 2.45. The Morgan fingerprint density at radius 2 is 1.76 bits per heavy atom. The molecule has 0 bridgehead atoms. The molecular formula is C18H21N3. The van der Waals surface area contributed by atoms with Gasteiger partial charge in [-0.05, 0) is 56.0 Å². The highest BCUT2D eigenvalue weighted by Crippen LogP contribution is 2.36. The van der Waals surface area contributed by atoms with Crippen molar-refractivity contribution < 1.29 is 0 Å². The van der Waals surface area contributed by atoms with Gasteiger partial charge >= 0.3 is 0 Å². The fourth-order valence-electron chi connectivity index (χ4n) is 3.07. The van der Waals surface area contributed by atoms with Crippen LogP contribution in [0.25, 0.3) is 0 Å². The first kappa shape index (κ1) is 13.7.